The van der Waals surface area contributed by atoms with E-state index in [-0.39, 0.29) is 0 Å². The van der Waals surface area contributed by atoms with Crippen molar-refractivity contribution in [2.45, 2.75) is 13.8 Å². The minimum absolute atomic E-state index is 0.595. The largest absolute Gasteiger partial charge is 0.362 e. The summed E-state index contributed by atoms with van der Waals surface area (Å²) in [4.78, 5) is 18.2. The number of nitrogens with zero attached hydrogens (tertiary/aromatic N) is 2. The zero-order valence-corrected chi connectivity index (χ0v) is 10.9. The van der Waals surface area contributed by atoms with Crippen molar-refractivity contribution >= 4 is 28.0 Å². The first kappa shape index (κ1) is 12.9. The third-order valence-corrected chi connectivity index (χ3v) is 3.17. The van der Waals surface area contributed by atoms with Gasteiger partial charge in [-0.25, -0.2) is 9.78 Å². The van der Waals surface area contributed by atoms with Crippen LogP contribution in [-0.4, -0.2) is 43.0 Å². The number of likely N-dealkylation sites (N-methyl/N-ethyl adjacent to an activating group) is 1. The van der Waals surface area contributed by atoms with Crippen LogP contribution in [0.5, 0.6) is 0 Å². The zero-order chi connectivity index (χ0) is 12.1. The molecule has 0 radical (unpaired) electrons. The predicted octanol–water partition coefficient (Wildman–Crippen LogP) is 1.66. The van der Waals surface area contributed by atoms with Gasteiger partial charge in [0.05, 0.1) is 16.1 Å². The molecule has 0 spiro atoms. The molecular weight excluding hydrogens is 222 g/mol. The standard InChI is InChI=1S/C11H17N3OS/c1-5-12-11-13-8(2)10(16-11)9(7-15)6-14(3)4/h5-6H2,1-4H3,(H,12,13). The Morgan fingerprint density at radius 1 is 1.56 bits per heavy atom. The lowest BCUT2D eigenvalue weighted by atomic mass is 10.2. The van der Waals surface area contributed by atoms with Gasteiger partial charge in [-0.05, 0) is 27.9 Å². The van der Waals surface area contributed by atoms with Crippen LogP contribution in [0, 0.1) is 6.92 Å². The highest BCUT2D eigenvalue weighted by atomic mass is 32.1. The van der Waals surface area contributed by atoms with Crippen LogP contribution in [0.2, 0.25) is 0 Å². The van der Waals surface area contributed by atoms with Crippen molar-refractivity contribution in [2.75, 3.05) is 32.5 Å². The summed E-state index contributed by atoms with van der Waals surface area (Å²) in [6.45, 7) is 5.37. The summed E-state index contributed by atoms with van der Waals surface area (Å²) < 4.78 is 0. The summed E-state index contributed by atoms with van der Waals surface area (Å²) in [6.07, 6.45) is 0. The van der Waals surface area contributed by atoms with Crippen molar-refractivity contribution < 1.29 is 4.79 Å². The molecule has 1 aromatic heterocycles. The second-order valence-corrected chi connectivity index (χ2v) is 4.78. The molecule has 0 saturated carbocycles. The summed E-state index contributed by atoms with van der Waals surface area (Å²) in [5.74, 6) is 2.01. The molecule has 88 valence electrons. The van der Waals surface area contributed by atoms with Crippen LogP contribution in [0.15, 0.2) is 0 Å². The van der Waals surface area contributed by atoms with E-state index >= 15 is 0 Å². The van der Waals surface area contributed by atoms with Gasteiger partial charge in [0.2, 0.25) is 0 Å². The highest BCUT2D eigenvalue weighted by Gasteiger charge is 2.13. The molecule has 1 rings (SSSR count). The fourth-order valence-electron chi connectivity index (χ4n) is 1.37. The van der Waals surface area contributed by atoms with Gasteiger partial charge in [0, 0.05) is 13.1 Å². The van der Waals surface area contributed by atoms with E-state index in [0.717, 1.165) is 22.2 Å². The highest BCUT2D eigenvalue weighted by Crippen LogP contribution is 2.27. The highest BCUT2D eigenvalue weighted by molar-refractivity contribution is 7.16. The third kappa shape index (κ3) is 3.17. The first-order valence-electron chi connectivity index (χ1n) is 5.18. The lowest BCUT2D eigenvalue weighted by Crippen LogP contribution is -2.14. The van der Waals surface area contributed by atoms with Crippen molar-refractivity contribution in [3.8, 4) is 0 Å². The van der Waals surface area contributed by atoms with E-state index in [1.54, 1.807) is 0 Å². The Bertz CT molecular complexity index is 405. The quantitative estimate of drug-likeness (QED) is 0.794. The fraction of sp³-hybridized carbons (Fsp3) is 0.545. The third-order valence-electron chi connectivity index (χ3n) is 2.00. The van der Waals surface area contributed by atoms with E-state index in [1.165, 1.54) is 11.3 Å². The summed E-state index contributed by atoms with van der Waals surface area (Å²) in [5.41, 5.74) is 1.56. The van der Waals surface area contributed by atoms with Crippen LogP contribution in [0.25, 0.3) is 5.57 Å². The molecule has 4 nitrogen and oxygen atoms in total. The number of carbonyl (C=O) groups excluding carboxylic acids is 1. The van der Waals surface area contributed by atoms with Crippen LogP contribution in [0.4, 0.5) is 5.13 Å². The van der Waals surface area contributed by atoms with Gasteiger partial charge in [-0.1, -0.05) is 11.3 Å². The van der Waals surface area contributed by atoms with E-state index in [9.17, 15) is 4.79 Å². The number of anilines is 1. The molecule has 16 heavy (non-hydrogen) atoms. The first-order valence-corrected chi connectivity index (χ1v) is 6.00. The summed E-state index contributed by atoms with van der Waals surface area (Å²) >= 11 is 1.51. The van der Waals surface area contributed by atoms with E-state index in [0.29, 0.717) is 12.1 Å². The first-order chi connectivity index (χ1) is 7.58. The van der Waals surface area contributed by atoms with E-state index in [4.69, 9.17) is 0 Å². The number of hydrogen-bond donors (Lipinski definition) is 1. The molecule has 0 atom stereocenters. The van der Waals surface area contributed by atoms with Gasteiger partial charge in [-0.3, -0.25) is 0 Å². The number of rotatable bonds is 5. The Balaban J connectivity index is 2.97. The van der Waals surface area contributed by atoms with Crippen molar-refractivity contribution in [1.82, 2.24) is 9.88 Å². The molecule has 0 aliphatic heterocycles. The molecule has 0 aliphatic carbocycles. The molecular formula is C11H17N3OS. The van der Waals surface area contributed by atoms with Gasteiger partial charge in [-0.2, -0.15) is 0 Å². The Kier molecular flexibility index (Phi) is 4.68. The molecule has 0 aromatic carbocycles. The zero-order valence-electron chi connectivity index (χ0n) is 10.1. The molecule has 1 aromatic rings. The smallest absolute Gasteiger partial charge is 0.183 e. The lowest BCUT2D eigenvalue weighted by molar-refractivity contribution is 0.463. The monoisotopic (exact) mass is 239 g/mol. The van der Waals surface area contributed by atoms with Crippen molar-refractivity contribution in [1.29, 1.82) is 0 Å². The summed E-state index contributed by atoms with van der Waals surface area (Å²) in [6, 6.07) is 0. The fourth-order valence-corrected chi connectivity index (χ4v) is 2.39. The Morgan fingerprint density at radius 3 is 2.75 bits per heavy atom. The van der Waals surface area contributed by atoms with Gasteiger partial charge in [-0.15, -0.1) is 0 Å². The predicted molar refractivity (Wildman–Crippen MR) is 68.7 cm³/mol. The summed E-state index contributed by atoms with van der Waals surface area (Å²) in [5, 5.41) is 4.01. The molecule has 0 unspecified atom stereocenters. The summed E-state index contributed by atoms with van der Waals surface area (Å²) in [7, 11) is 3.86. The van der Waals surface area contributed by atoms with Crippen molar-refractivity contribution in [3.05, 3.63) is 10.6 Å². The SMILES string of the molecule is CCNc1nc(C)c(C(=C=O)CN(C)C)s1. The molecule has 5 heteroatoms. The molecule has 0 bridgehead atoms. The average Bonchev–Trinajstić information content (AvgIpc) is 2.56. The normalized spacial score (nSPS) is 10.3. The van der Waals surface area contributed by atoms with Crippen LogP contribution in [-0.2, 0) is 4.79 Å². The minimum atomic E-state index is 0.595. The number of thiazole rings is 1. The maximum absolute atomic E-state index is 10.9. The van der Waals surface area contributed by atoms with Gasteiger partial charge in [0.1, 0.15) is 5.94 Å². The van der Waals surface area contributed by atoms with Crippen LogP contribution >= 0.6 is 11.3 Å². The van der Waals surface area contributed by atoms with Gasteiger partial charge in [0.15, 0.2) is 5.13 Å². The lowest BCUT2D eigenvalue weighted by Gasteiger charge is -2.08. The van der Waals surface area contributed by atoms with E-state index in [2.05, 4.69) is 10.3 Å². The number of aromatic nitrogens is 1. The molecule has 0 fully saturated rings. The second-order valence-electron chi connectivity index (χ2n) is 3.78. The van der Waals surface area contributed by atoms with E-state index < -0.39 is 0 Å². The maximum atomic E-state index is 10.9. The van der Waals surface area contributed by atoms with Crippen LogP contribution < -0.4 is 5.32 Å². The number of hydrogen-bond acceptors (Lipinski definition) is 5. The Hall–Kier alpha value is -1.16. The number of nitrogens with one attached hydrogen (secondary N) is 1. The average molecular weight is 239 g/mol. The molecule has 1 N–H and O–H groups in total. The second kappa shape index (κ2) is 5.80. The van der Waals surface area contributed by atoms with E-state index in [1.807, 2.05) is 38.8 Å². The van der Waals surface area contributed by atoms with Gasteiger partial charge in [0.25, 0.3) is 0 Å². The van der Waals surface area contributed by atoms with Crippen LogP contribution in [0.1, 0.15) is 17.5 Å². The van der Waals surface area contributed by atoms with Crippen LogP contribution in [0.3, 0.4) is 0 Å². The molecule has 1 heterocycles. The van der Waals surface area contributed by atoms with Gasteiger partial charge >= 0.3 is 0 Å². The van der Waals surface area contributed by atoms with Gasteiger partial charge < -0.3 is 10.2 Å². The molecule has 0 amide bonds. The van der Waals surface area contributed by atoms with Crippen molar-refractivity contribution in [3.63, 3.8) is 0 Å². The molecule has 0 aliphatic rings. The molecule has 0 saturated heterocycles. The number of aryl methyl sites for hydroxylation is 1. The Morgan fingerprint density at radius 2 is 2.25 bits per heavy atom. The Labute approximate surface area is 100.0 Å². The topological polar surface area (TPSA) is 45.2 Å². The maximum Gasteiger partial charge on any atom is 0.183 e. The van der Waals surface area contributed by atoms with Crippen molar-refractivity contribution in [2.24, 2.45) is 0 Å². The minimum Gasteiger partial charge on any atom is -0.362 e.